The number of aliphatic carboxylic acids is 1. The fourth-order valence-corrected chi connectivity index (χ4v) is 3.91. The number of hydrogen-bond donors (Lipinski definition) is 2. The van der Waals surface area contributed by atoms with Gasteiger partial charge in [-0.15, -0.1) is 0 Å². The number of nitrogens with zero attached hydrogens (tertiary/aromatic N) is 1. The molecule has 7 heteroatoms. The van der Waals surface area contributed by atoms with Crippen LogP contribution in [-0.4, -0.2) is 53.7 Å². The quantitative estimate of drug-likeness (QED) is 0.841. The third-order valence-electron chi connectivity index (χ3n) is 5.64. The molecule has 0 saturated carbocycles. The first-order valence-corrected chi connectivity index (χ1v) is 9.59. The summed E-state index contributed by atoms with van der Waals surface area (Å²) in [6.07, 6.45) is 3.12. The minimum absolute atomic E-state index is 0.0117. The molecule has 1 amide bonds. The van der Waals surface area contributed by atoms with Gasteiger partial charge in [-0.25, -0.2) is 9.18 Å². The lowest BCUT2D eigenvalue weighted by molar-refractivity contribution is -0.162. The molecule has 1 aromatic rings. The molecule has 2 aliphatic rings. The molecule has 0 aromatic heterocycles. The number of ether oxygens (including phenoxy) is 1. The number of carbonyl (C=O) groups is 2. The van der Waals surface area contributed by atoms with Gasteiger partial charge in [-0.05, 0) is 63.0 Å². The number of carbonyl (C=O) groups excluding carboxylic acids is 1. The van der Waals surface area contributed by atoms with E-state index in [0.717, 1.165) is 32.4 Å². The molecule has 2 N–H and O–H groups in total. The molecule has 3 rings (SSSR count). The second-order valence-corrected chi connectivity index (χ2v) is 7.51. The molecule has 1 atom stereocenters. The van der Waals surface area contributed by atoms with Gasteiger partial charge in [-0.3, -0.25) is 4.79 Å². The summed E-state index contributed by atoms with van der Waals surface area (Å²) < 4.78 is 19.2. The Kier molecular flexibility index (Phi) is 5.99. The Balaban J connectivity index is 1.67. The zero-order valence-corrected chi connectivity index (χ0v) is 15.7. The van der Waals surface area contributed by atoms with Crippen LogP contribution in [0.4, 0.5) is 4.39 Å². The minimum atomic E-state index is -1.38. The number of benzene rings is 1. The van der Waals surface area contributed by atoms with Crippen LogP contribution in [0.5, 0.6) is 5.75 Å². The maximum atomic E-state index is 13.3. The molecule has 0 spiro atoms. The van der Waals surface area contributed by atoms with Crippen molar-refractivity contribution in [3.63, 3.8) is 0 Å². The third kappa shape index (κ3) is 4.40. The van der Waals surface area contributed by atoms with Crippen molar-refractivity contribution >= 4 is 11.9 Å². The molecule has 1 unspecified atom stereocenters. The Morgan fingerprint density at radius 2 is 2.00 bits per heavy atom. The smallest absolute Gasteiger partial charge is 0.348 e. The maximum Gasteiger partial charge on any atom is 0.348 e. The molecular weight excluding hydrogens is 351 g/mol. The Bertz CT molecular complexity index is 693. The van der Waals surface area contributed by atoms with E-state index < -0.39 is 11.6 Å². The van der Waals surface area contributed by atoms with Crippen LogP contribution < -0.4 is 10.1 Å². The maximum absolute atomic E-state index is 13.3. The fraction of sp³-hybridized carbons (Fsp3) is 0.600. The van der Waals surface area contributed by atoms with E-state index in [4.69, 9.17) is 4.74 Å². The van der Waals surface area contributed by atoms with Crippen LogP contribution >= 0.6 is 0 Å². The number of halogens is 1. The summed E-state index contributed by atoms with van der Waals surface area (Å²) in [6.45, 7) is 4.18. The van der Waals surface area contributed by atoms with Gasteiger partial charge in [-0.1, -0.05) is 0 Å². The molecule has 0 bridgehead atoms. The van der Waals surface area contributed by atoms with Crippen molar-refractivity contribution in [1.29, 1.82) is 0 Å². The highest BCUT2D eigenvalue weighted by molar-refractivity contribution is 5.81. The molecule has 6 nitrogen and oxygen atoms in total. The first kappa shape index (κ1) is 19.6. The zero-order chi connectivity index (χ0) is 19.4. The molecule has 2 fully saturated rings. The van der Waals surface area contributed by atoms with Gasteiger partial charge in [0.1, 0.15) is 11.6 Å². The van der Waals surface area contributed by atoms with Crippen LogP contribution in [0.2, 0.25) is 0 Å². The third-order valence-corrected chi connectivity index (χ3v) is 5.64. The molecule has 2 heterocycles. The molecule has 2 aliphatic heterocycles. The van der Waals surface area contributed by atoms with Crippen molar-refractivity contribution in [3.05, 3.63) is 29.6 Å². The van der Waals surface area contributed by atoms with Gasteiger partial charge in [-0.2, -0.15) is 0 Å². The van der Waals surface area contributed by atoms with E-state index in [1.807, 2.05) is 0 Å². The lowest BCUT2D eigenvalue weighted by Gasteiger charge is -2.40. The molecular formula is C20H27FN2O4. The lowest BCUT2D eigenvalue weighted by Crippen LogP contribution is -2.55. The minimum Gasteiger partial charge on any atom is -0.478 e. The predicted molar refractivity (Wildman–Crippen MR) is 98.2 cm³/mol. The van der Waals surface area contributed by atoms with Gasteiger partial charge in [0.25, 0.3) is 0 Å². The van der Waals surface area contributed by atoms with E-state index in [9.17, 15) is 19.1 Å². The van der Waals surface area contributed by atoms with Gasteiger partial charge in [0.05, 0.1) is 0 Å². The van der Waals surface area contributed by atoms with E-state index in [1.165, 1.54) is 18.2 Å². The van der Waals surface area contributed by atoms with Gasteiger partial charge in [0.15, 0.2) is 0 Å². The highest BCUT2D eigenvalue weighted by Crippen LogP contribution is 2.32. The topological polar surface area (TPSA) is 78.9 Å². The van der Waals surface area contributed by atoms with Crippen molar-refractivity contribution in [2.45, 2.75) is 44.6 Å². The van der Waals surface area contributed by atoms with Crippen LogP contribution in [0.1, 0.15) is 37.7 Å². The molecule has 0 radical (unpaired) electrons. The largest absolute Gasteiger partial charge is 0.478 e. The van der Waals surface area contributed by atoms with E-state index in [0.29, 0.717) is 24.4 Å². The summed E-state index contributed by atoms with van der Waals surface area (Å²) in [6, 6.07) is 4.05. The van der Waals surface area contributed by atoms with E-state index >= 15 is 0 Å². The average molecular weight is 378 g/mol. The summed E-state index contributed by atoms with van der Waals surface area (Å²) in [5.74, 6) is -0.929. The second-order valence-electron chi connectivity index (χ2n) is 7.51. The van der Waals surface area contributed by atoms with E-state index in [1.54, 1.807) is 11.8 Å². The van der Waals surface area contributed by atoms with Gasteiger partial charge in [0, 0.05) is 31.8 Å². The van der Waals surface area contributed by atoms with Crippen molar-refractivity contribution in [1.82, 2.24) is 10.2 Å². The highest BCUT2D eigenvalue weighted by Gasteiger charge is 2.45. The average Bonchev–Trinajstić information content (AvgIpc) is 2.93. The summed E-state index contributed by atoms with van der Waals surface area (Å²) in [4.78, 5) is 26.6. The Labute approximate surface area is 158 Å². The van der Waals surface area contributed by atoms with Crippen LogP contribution in [0.15, 0.2) is 18.2 Å². The standard InChI is InChI=1S/C20H27FN2O4/c1-14-13-16(21)4-5-17(14)27-20(19(25)26)7-11-23(12-8-20)18(24)15-3-2-9-22-10-6-15/h4-5,13,15,22H,2-3,6-12H2,1H3,(H,25,26). The van der Waals surface area contributed by atoms with Gasteiger partial charge < -0.3 is 20.1 Å². The predicted octanol–water partition coefficient (Wildman–Crippen LogP) is 2.35. The van der Waals surface area contributed by atoms with Crippen molar-refractivity contribution in [2.75, 3.05) is 26.2 Å². The number of hydrogen-bond acceptors (Lipinski definition) is 4. The zero-order valence-electron chi connectivity index (χ0n) is 15.7. The van der Waals surface area contributed by atoms with Gasteiger partial charge in [0.2, 0.25) is 11.5 Å². The summed E-state index contributed by atoms with van der Waals surface area (Å²) in [7, 11) is 0. The number of rotatable bonds is 4. The fourth-order valence-electron chi connectivity index (χ4n) is 3.91. The van der Waals surface area contributed by atoms with E-state index in [2.05, 4.69) is 5.32 Å². The number of carboxylic acid groups (broad SMARTS) is 1. The molecule has 0 aliphatic carbocycles. The van der Waals surface area contributed by atoms with Crippen LogP contribution in [0.3, 0.4) is 0 Å². The number of carboxylic acids is 1. The van der Waals surface area contributed by atoms with Crippen molar-refractivity contribution in [2.24, 2.45) is 5.92 Å². The second kappa shape index (κ2) is 8.25. The van der Waals surface area contributed by atoms with Crippen LogP contribution in [0, 0.1) is 18.7 Å². The summed E-state index contributed by atoms with van der Waals surface area (Å²) in [5.41, 5.74) is -0.829. The number of aryl methyl sites for hydroxylation is 1. The first-order valence-electron chi connectivity index (χ1n) is 9.59. The monoisotopic (exact) mass is 378 g/mol. The molecule has 1 aromatic carbocycles. The normalized spacial score (nSPS) is 22.7. The molecule has 27 heavy (non-hydrogen) atoms. The molecule has 2 saturated heterocycles. The van der Waals surface area contributed by atoms with Crippen molar-refractivity contribution in [3.8, 4) is 5.75 Å². The molecule has 148 valence electrons. The number of amides is 1. The number of piperidine rings is 1. The number of nitrogens with one attached hydrogen (secondary N) is 1. The van der Waals surface area contributed by atoms with Crippen molar-refractivity contribution < 1.29 is 23.8 Å². The van der Waals surface area contributed by atoms with E-state index in [-0.39, 0.29) is 30.5 Å². The lowest BCUT2D eigenvalue weighted by atomic mass is 9.89. The Morgan fingerprint density at radius 3 is 2.67 bits per heavy atom. The van der Waals surface area contributed by atoms with Crippen LogP contribution in [0.25, 0.3) is 0 Å². The Morgan fingerprint density at radius 1 is 1.26 bits per heavy atom. The van der Waals surface area contributed by atoms with Crippen LogP contribution in [-0.2, 0) is 9.59 Å². The highest BCUT2D eigenvalue weighted by atomic mass is 19.1. The number of likely N-dealkylation sites (tertiary alicyclic amines) is 1. The summed E-state index contributed by atoms with van der Waals surface area (Å²) in [5, 5.41) is 13.1. The summed E-state index contributed by atoms with van der Waals surface area (Å²) >= 11 is 0. The first-order chi connectivity index (χ1) is 12.9. The Hall–Kier alpha value is -2.15. The SMILES string of the molecule is Cc1cc(F)ccc1OC1(C(=O)O)CCN(C(=O)C2CCCNCC2)CC1. The van der Waals surface area contributed by atoms with Gasteiger partial charge >= 0.3 is 5.97 Å².